The van der Waals surface area contributed by atoms with Gasteiger partial charge in [0, 0.05) is 68.1 Å². The summed E-state index contributed by atoms with van der Waals surface area (Å²) >= 11 is 1.54. The zero-order valence-corrected chi connectivity index (χ0v) is 31.0. The number of fused-ring (bicyclic) bond motifs is 2. The first-order valence-corrected chi connectivity index (χ1v) is 18.5. The third-order valence-electron chi connectivity index (χ3n) is 9.90. The number of benzene rings is 2. The Morgan fingerprint density at radius 1 is 0.962 bits per heavy atom. The summed E-state index contributed by atoms with van der Waals surface area (Å²) < 4.78 is 26.3. The third kappa shape index (κ3) is 6.57. The number of likely N-dealkylation sites (N-methyl/N-ethyl adjacent to an activating group) is 1. The number of hydrogen-bond donors (Lipinski definition) is 1. The molecule has 4 aromatic heterocycles. The summed E-state index contributed by atoms with van der Waals surface area (Å²) in [5, 5.41) is 21.5. The topological polar surface area (TPSA) is 125 Å². The Hall–Kier alpha value is -5.05. The van der Waals surface area contributed by atoms with Crippen molar-refractivity contribution in [3.63, 3.8) is 0 Å². The fourth-order valence-corrected chi connectivity index (χ4v) is 7.67. The van der Waals surface area contributed by atoms with E-state index < -0.39 is 0 Å². The van der Waals surface area contributed by atoms with Crippen LogP contribution in [0.25, 0.3) is 32.2 Å². The molecular weight excluding hydrogens is 679 g/mol. The highest BCUT2D eigenvalue weighted by Crippen LogP contribution is 2.43. The average Bonchev–Trinajstić information content (AvgIpc) is 3.81. The molecule has 2 fully saturated rings. The lowest BCUT2D eigenvalue weighted by Gasteiger charge is -2.33. The van der Waals surface area contributed by atoms with Crippen LogP contribution in [0.2, 0.25) is 0 Å². The van der Waals surface area contributed by atoms with Gasteiger partial charge in [0.05, 0.1) is 36.7 Å². The molecule has 6 aromatic rings. The number of aromatic nitrogens is 6. The van der Waals surface area contributed by atoms with E-state index in [-0.39, 0.29) is 6.23 Å². The predicted molar refractivity (Wildman–Crippen MR) is 203 cm³/mol. The molecule has 1 unspecified atom stereocenters. The summed E-state index contributed by atoms with van der Waals surface area (Å²) in [6, 6.07) is 12.1. The van der Waals surface area contributed by atoms with Gasteiger partial charge in [-0.05, 0) is 70.0 Å². The summed E-state index contributed by atoms with van der Waals surface area (Å²) in [6.07, 6.45) is 6.75. The van der Waals surface area contributed by atoms with Crippen LogP contribution in [-0.4, -0.2) is 88.9 Å². The van der Waals surface area contributed by atoms with Crippen LogP contribution in [0.1, 0.15) is 41.6 Å². The molecule has 0 amide bonds. The molecule has 270 valence electrons. The Kier molecular flexibility index (Phi) is 9.51. The molecule has 2 aromatic carbocycles. The minimum atomic E-state index is -0.103. The summed E-state index contributed by atoms with van der Waals surface area (Å²) in [7, 11) is 5.46. The van der Waals surface area contributed by atoms with Crippen LogP contribution >= 0.6 is 11.3 Å². The van der Waals surface area contributed by atoms with Crippen LogP contribution in [0.5, 0.6) is 23.1 Å². The van der Waals surface area contributed by atoms with E-state index in [9.17, 15) is 0 Å². The highest BCUT2D eigenvalue weighted by atomic mass is 32.1. The molecule has 6 heterocycles. The molecule has 14 heteroatoms. The van der Waals surface area contributed by atoms with E-state index in [4.69, 9.17) is 34.0 Å². The fourth-order valence-electron chi connectivity index (χ4n) is 6.95. The standard InChI is InChI=1S/C38H43N9O4S/c1-23-9-12-30-29(22-41-47(30)33-8-6-7-17-50-33)35(23)51-37-34-27(19-32(42-37)46-15-13-45(3)14-16-46)28(38-44-43-24(2)52-38)21-40-36(34)39-20-25-10-11-26(48-4)18-31(25)49-5/h9-12,18-19,21-22,33H,6-8,13-17,20H2,1-5H3,(H,39,40). The van der Waals surface area contributed by atoms with Crippen LogP contribution in [0.3, 0.4) is 0 Å². The van der Waals surface area contributed by atoms with Gasteiger partial charge in [0.25, 0.3) is 0 Å². The normalized spacial score (nSPS) is 16.8. The first-order chi connectivity index (χ1) is 25.4. The molecule has 1 atom stereocenters. The number of piperazine rings is 1. The van der Waals surface area contributed by atoms with Gasteiger partial charge in [-0.1, -0.05) is 17.4 Å². The Labute approximate surface area is 306 Å². The van der Waals surface area contributed by atoms with E-state index in [1.165, 1.54) is 11.3 Å². The van der Waals surface area contributed by atoms with Crippen molar-refractivity contribution in [3.8, 4) is 33.7 Å². The quantitative estimate of drug-likeness (QED) is 0.157. The van der Waals surface area contributed by atoms with E-state index in [2.05, 4.69) is 57.5 Å². The van der Waals surface area contributed by atoms with Gasteiger partial charge in [0.1, 0.15) is 38.9 Å². The largest absolute Gasteiger partial charge is 0.497 e. The number of anilines is 2. The lowest BCUT2D eigenvalue weighted by molar-refractivity contribution is -0.0366. The number of nitrogens with zero attached hydrogens (tertiary/aromatic N) is 8. The Bertz CT molecular complexity index is 2220. The second-order valence-electron chi connectivity index (χ2n) is 13.3. The van der Waals surface area contributed by atoms with Gasteiger partial charge in [-0.15, -0.1) is 10.2 Å². The average molecular weight is 722 g/mol. The Balaban J connectivity index is 1.30. The highest BCUT2D eigenvalue weighted by Gasteiger charge is 2.26. The third-order valence-corrected chi connectivity index (χ3v) is 10.8. The van der Waals surface area contributed by atoms with Gasteiger partial charge >= 0.3 is 0 Å². The molecule has 2 aliphatic rings. The molecule has 0 saturated carbocycles. The van der Waals surface area contributed by atoms with Crippen molar-refractivity contribution in [1.82, 2.24) is 34.8 Å². The van der Waals surface area contributed by atoms with Crippen LogP contribution in [0.15, 0.2) is 48.8 Å². The van der Waals surface area contributed by atoms with Gasteiger partial charge in [0.15, 0.2) is 6.23 Å². The minimum Gasteiger partial charge on any atom is -0.497 e. The molecule has 1 N–H and O–H groups in total. The second kappa shape index (κ2) is 14.5. The van der Waals surface area contributed by atoms with E-state index >= 15 is 0 Å². The van der Waals surface area contributed by atoms with Crippen LogP contribution < -0.4 is 24.4 Å². The molecule has 2 aliphatic heterocycles. The second-order valence-corrected chi connectivity index (χ2v) is 14.5. The van der Waals surface area contributed by atoms with Crippen LogP contribution in [0.4, 0.5) is 11.6 Å². The van der Waals surface area contributed by atoms with Crippen molar-refractivity contribution in [1.29, 1.82) is 0 Å². The first-order valence-electron chi connectivity index (χ1n) is 17.7. The lowest BCUT2D eigenvalue weighted by atomic mass is 10.1. The Morgan fingerprint density at radius 3 is 2.58 bits per heavy atom. The maximum absolute atomic E-state index is 7.06. The summed E-state index contributed by atoms with van der Waals surface area (Å²) in [6.45, 7) is 8.75. The van der Waals surface area contributed by atoms with E-state index in [1.54, 1.807) is 14.2 Å². The number of ether oxygens (including phenoxy) is 4. The summed E-state index contributed by atoms with van der Waals surface area (Å²) in [4.78, 5) is 14.9. The van der Waals surface area contributed by atoms with Gasteiger partial charge in [-0.3, -0.25) is 0 Å². The Morgan fingerprint density at radius 2 is 1.83 bits per heavy atom. The SMILES string of the molecule is COc1ccc(CNc2ncc(-c3nnc(C)s3)c3cc(N4CCN(C)CC4)nc(Oc4c(C)ccc5c4cnn5C4CCCCO4)c23)c(OC)c1. The molecule has 52 heavy (non-hydrogen) atoms. The van der Waals surface area contributed by atoms with Gasteiger partial charge < -0.3 is 34.1 Å². The molecule has 0 bridgehead atoms. The van der Waals surface area contributed by atoms with E-state index in [1.807, 2.05) is 42.2 Å². The van der Waals surface area contributed by atoms with Crippen molar-refractivity contribution in [2.24, 2.45) is 0 Å². The van der Waals surface area contributed by atoms with Crippen molar-refractivity contribution >= 4 is 44.6 Å². The molecular formula is C38H43N9O4S. The zero-order valence-electron chi connectivity index (χ0n) is 30.2. The predicted octanol–water partition coefficient (Wildman–Crippen LogP) is 6.99. The number of methoxy groups -OCH3 is 2. The molecule has 8 rings (SSSR count). The van der Waals surface area contributed by atoms with Crippen molar-refractivity contribution in [2.45, 2.75) is 45.9 Å². The molecule has 0 aliphatic carbocycles. The summed E-state index contributed by atoms with van der Waals surface area (Å²) in [5.41, 5.74) is 3.75. The van der Waals surface area contributed by atoms with Crippen molar-refractivity contribution in [2.75, 3.05) is 64.3 Å². The smallest absolute Gasteiger partial charge is 0.232 e. The highest BCUT2D eigenvalue weighted by molar-refractivity contribution is 7.14. The van der Waals surface area contributed by atoms with Gasteiger partial charge in [-0.2, -0.15) is 10.1 Å². The molecule has 13 nitrogen and oxygen atoms in total. The zero-order chi connectivity index (χ0) is 35.8. The van der Waals surface area contributed by atoms with E-state index in [0.717, 1.165) is 112 Å². The number of pyridine rings is 2. The maximum atomic E-state index is 7.06. The van der Waals surface area contributed by atoms with Gasteiger partial charge in [0.2, 0.25) is 5.88 Å². The number of hydrogen-bond acceptors (Lipinski definition) is 13. The first kappa shape index (κ1) is 34.1. The number of aryl methyl sites for hydroxylation is 2. The van der Waals surface area contributed by atoms with E-state index in [0.29, 0.717) is 29.7 Å². The van der Waals surface area contributed by atoms with Gasteiger partial charge in [-0.25, -0.2) is 9.67 Å². The maximum Gasteiger partial charge on any atom is 0.232 e. The van der Waals surface area contributed by atoms with Crippen LogP contribution in [0, 0.1) is 13.8 Å². The number of nitrogens with one attached hydrogen (secondary N) is 1. The minimum absolute atomic E-state index is 0.103. The number of rotatable bonds is 10. The molecule has 2 saturated heterocycles. The van der Waals surface area contributed by atoms with Crippen LogP contribution in [-0.2, 0) is 11.3 Å². The fraction of sp³-hybridized carbons (Fsp3) is 0.395. The summed E-state index contributed by atoms with van der Waals surface area (Å²) in [5.74, 6) is 4.04. The van der Waals surface area contributed by atoms with Crippen molar-refractivity contribution < 1.29 is 18.9 Å². The molecule has 0 spiro atoms. The lowest BCUT2D eigenvalue weighted by Crippen LogP contribution is -2.44. The van der Waals surface area contributed by atoms with Crippen molar-refractivity contribution in [3.05, 3.63) is 64.9 Å². The molecule has 0 radical (unpaired) electrons. The monoisotopic (exact) mass is 721 g/mol.